The van der Waals surface area contributed by atoms with Crippen LogP contribution in [-0.4, -0.2) is 35.0 Å². The van der Waals surface area contributed by atoms with Gasteiger partial charge in [-0.05, 0) is 24.6 Å². The lowest BCUT2D eigenvalue weighted by molar-refractivity contribution is -0.141. The van der Waals surface area contributed by atoms with Crippen molar-refractivity contribution in [3.63, 3.8) is 0 Å². The summed E-state index contributed by atoms with van der Waals surface area (Å²) in [6.45, 7) is 0.186. The van der Waals surface area contributed by atoms with Gasteiger partial charge in [-0.1, -0.05) is 11.6 Å². The van der Waals surface area contributed by atoms with E-state index in [2.05, 4.69) is 0 Å². The van der Waals surface area contributed by atoms with Crippen molar-refractivity contribution in [1.82, 2.24) is 4.90 Å². The number of carbonyl (C=O) groups excluding carboxylic acids is 1. The van der Waals surface area contributed by atoms with Crippen molar-refractivity contribution >= 4 is 23.5 Å². The highest BCUT2D eigenvalue weighted by molar-refractivity contribution is 6.31. The highest BCUT2D eigenvalue weighted by atomic mass is 35.5. The minimum atomic E-state index is -4.60. The van der Waals surface area contributed by atoms with Crippen molar-refractivity contribution in [2.24, 2.45) is 5.92 Å². The average Bonchev–Trinajstić information content (AvgIpc) is 2.85. The molecule has 1 saturated heterocycles. The topological polar surface area (TPSA) is 57.6 Å². The number of amides is 1. The molecule has 1 atom stereocenters. The number of nitrogens with zero attached hydrogens (tertiary/aromatic N) is 1. The maximum atomic E-state index is 12.7. The minimum absolute atomic E-state index is 0.0119. The van der Waals surface area contributed by atoms with Crippen molar-refractivity contribution in [2.45, 2.75) is 12.6 Å². The first-order valence-electron chi connectivity index (χ1n) is 6.08. The summed E-state index contributed by atoms with van der Waals surface area (Å²) in [5.41, 5.74) is -1.20. The normalized spacial score (nSPS) is 18.9. The molecule has 0 aliphatic carbocycles. The third-order valence-electron chi connectivity index (χ3n) is 3.30. The number of benzene rings is 1. The van der Waals surface area contributed by atoms with Gasteiger partial charge in [-0.3, -0.25) is 9.59 Å². The van der Waals surface area contributed by atoms with E-state index in [9.17, 15) is 22.8 Å². The van der Waals surface area contributed by atoms with Crippen molar-refractivity contribution in [3.05, 3.63) is 34.3 Å². The average molecular weight is 322 g/mol. The van der Waals surface area contributed by atoms with Crippen LogP contribution in [0.2, 0.25) is 5.02 Å². The summed E-state index contributed by atoms with van der Waals surface area (Å²) in [5.74, 6) is -2.35. The van der Waals surface area contributed by atoms with E-state index >= 15 is 0 Å². The molecule has 0 spiro atoms. The fourth-order valence-electron chi connectivity index (χ4n) is 2.21. The molecule has 8 heteroatoms. The van der Waals surface area contributed by atoms with E-state index in [1.165, 1.54) is 4.90 Å². The number of alkyl halides is 3. The largest absolute Gasteiger partial charge is 0.481 e. The molecule has 1 unspecified atom stereocenters. The van der Waals surface area contributed by atoms with Crippen molar-refractivity contribution in [1.29, 1.82) is 0 Å². The summed E-state index contributed by atoms with van der Waals surface area (Å²) in [5, 5.41) is 8.68. The van der Waals surface area contributed by atoms with Crippen LogP contribution in [0, 0.1) is 5.92 Å². The zero-order chi connectivity index (χ0) is 15.8. The van der Waals surface area contributed by atoms with Crippen LogP contribution in [0.5, 0.6) is 0 Å². The third-order valence-corrected chi connectivity index (χ3v) is 3.51. The predicted molar refractivity (Wildman–Crippen MR) is 68.1 cm³/mol. The van der Waals surface area contributed by atoms with Gasteiger partial charge < -0.3 is 10.0 Å². The van der Waals surface area contributed by atoms with Gasteiger partial charge in [0.1, 0.15) is 0 Å². The molecule has 1 aliphatic heterocycles. The van der Waals surface area contributed by atoms with Crippen molar-refractivity contribution < 1.29 is 27.9 Å². The van der Waals surface area contributed by atoms with Gasteiger partial charge in [-0.25, -0.2) is 0 Å². The first-order valence-corrected chi connectivity index (χ1v) is 6.46. The fraction of sp³-hybridized carbons (Fsp3) is 0.385. The van der Waals surface area contributed by atoms with E-state index in [4.69, 9.17) is 16.7 Å². The number of rotatable bonds is 2. The van der Waals surface area contributed by atoms with Crippen LogP contribution < -0.4 is 0 Å². The third kappa shape index (κ3) is 3.47. The van der Waals surface area contributed by atoms with Gasteiger partial charge in [0, 0.05) is 23.7 Å². The van der Waals surface area contributed by atoms with Crippen LogP contribution in [0.15, 0.2) is 18.2 Å². The molecule has 1 fully saturated rings. The Balaban J connectivity index is 2.24. The highest BCUT2D eigenvalue weighted by Crippen LogP contribution is 2.32. The summed E-state index contributed by atoms with van der Waals surface area (Å²) in [6, 6.07) is 2.61. The molecular weight excluding hydrogens is 311 g/mol. The number of aliphatic carboxylic acids is 1. The first-order chi connectivity index (χ1) is 9.68. The van der Waals surface area contributed by atoms with Crippen LogP contribution in [0.25, 0.3) is 0 Å². The Bertz CT molecular complexity index is 589. The highest BCUT2D eigenvalue weighted by Gasteiger charge is 2.34. The van der Waals surface area contributed by atoms with E-state index in [0.29, 0.717) is 0 Å². The molecule has 1 aromatic rings. The molecule has 4 nitrogen and oxygen atoms in total. The molecule has 1 N–H and O–H groups in total. The first kappa shape index (κ1) is 15.6. The zero-order valence-electron chi connectivity index (χ0n) is 10.7. The molecule has 0 bridgehead atoms. The van der Waals surface area contributed by atoms with Gasteiger partial charge in [-0.2, -0.15) is 13.2 Å². The van der Waals surface area contributed by atoms with Gasteiger partial charge in [-0.15, -0.1) is 0 Å². The lowest BCUT2D eigenvalue weighted by Crippen LogP contribution is -2.30. The summed E-state index contributed by atoms with van der Waals surface area (Å²) in [4.78, 5) is 24.2. The molecule has 1 amide bonds. The molecule has 0 saturated carbocycles. The lowest BCUT2D eigenvalue weighted by atomic mass is 10.1. The van der Waals surface area contributed by atoms with Gasteiger partial charge in [0.2, 0.25) is 0 Å². The zero-order valence-corrected chi connectivity index (χ0v) is 11.4. The van der Waals surface area contributed by atoms with E-state index in [-0.39, 0.29) is 30.1 Å². The quantitative estimate of drug-likeness (QED) is 0.911. The standard InChI is InChI=1S/C13H11ClF3NO3/c14-10-4-8(3-9(5-10)13(15,16)17)11(19)18-2-1-7(6-18)12(20)21/h3-5,7H,1-2,6H2,(H,20,21). The maximum absolute atomic E-state index is 12.7. The van der Waals surface area contributed by atoms with Crippen LogP contribution in [0.1, 0.15) is 22.3 Å². The molecule has 2 rings (SSSR count). The molecule has 0 radical (unpaired) electrons. The van der Waals surface area contributed by atoms with Crippen molar-refractivity contribution in [3.8, 4) is 0 Å². The van der Waals surface area contributed by atoms with E-state index in [1.807, 2.05) is 0 Å². The molecule has 21 heavy (non-hydrogen) atoms. The maximum Gasteiger partial charge on any atom is 0.416 e. The minimum Gasteiger partial charge on any atom is -0.481 e. The van der Waals surface area contributed by atoms with Gasteiger partial charge in [0.25, 0.3) is 5.91 Å². The lowest BCUT2D eigenvalue weighted by Gasteiger charge is -2.17. The van der Waals surface area contributed by atoms with Crippen LogP contribution in [0.4, 0.5) is 13.2 Å². The Hall–Kier alpha value is -1.76. The number of halogens is 4. The number of hydrogen-bond acceptors (Lipinski definition) is 2. The number of likely N-dealkylation sites (tertiary alicyclic amines) is 1. The summed E-state index contributed by atoms with van der Waals surface area (Å²) in [7, 11) is 0. The van der Waals surface area contributed by atoms with E-state index in [1.54, 1.807) is 0 Å². The summed E-state index contributed by atoms with van der Waals surface area (Å²) >= 11 is 5.62. The Morgan fingerprint density at radius 3 is 2.48 bits per heavy atom. The predicted octanol–water partition coefficient (Wildman–Crippen LogP) is 2.91. The van der Waals surface area contributed by atoms with E-state index < -0.39 is 29.5 Å². The second-order valence-corrected chi connectivity index (χ2v) is 5.24. The molecule has 0 aromatic heterocycles. The van der Waals surface area contributed by atoms with Crippen molar-refractivity contribution in [2.75, 3.05) is 13.1 Å². The Kier molecular flexibility index (Phi) is 4.13. The Morgan fingerprint density at radius 1 is 1.29 bits per heavy atom. The molecule has 114 valence electrons. The van der Waals surface area contributed by atoms with Crippen LogP contribution >= 0.6 is 11.6 Å². The molecule has 1 aliphatic rings. The molecular formula is C13H11ClF3NO3. The molecule has 1 aromatic carbocycles. The number of carboxylic acids is 1. The van der Waals surface area contributed by atoms with Gasteiger partial charge >= 0.3 is 12.1 Å². The van der Waals surface area contributed by atoms with Gasteiger partial charge in [0.05, 0.1) is 11.5 Å². The molecule has 1 heterocycles. The smallest absolute Gasteiger partial charge is 0.416 e. The Labute approximate surface area is 123 Å². The second-order valence-electron chi connectivity index (χ2n) is 4.80. The summed E-state index contributed by atoms with van der Waals surface area (Å²) < 4.78 is 38.1. The van der Waals surface area contributed by atoms with Crippen LogP contribution in [-0.2, 0) is 11.0 Å². The SMILES string of the molecule is O=C(O)C1CCN(C(=O)c2cc(Cl)cc(C(F)(F)F)c2)C1. The van der Waals surface area contributed by atoms with Crippen LogP contribution in [0.3, 0.4) is 0 Å². The van der Waals surface area contributed by atoms with Gasteiger partial charge in [0.15, 0.2) is 0 Å². The number of carboxylic acid groups (broad SMARTS) is 1. The Morgan fingerprint density at radius 2 is 1.95 bits per heavy atom. The van der Waals surface area contributed by atoms with E-state index in [0.717, 1.165) is 18.2 Å². The summed E-state index contributed by atoms with van der Waals surface area (Å²) in [6.07, 6.45) is -4.32. The second kappa shape index (κ2) is 5.55. The monoisotopic (exact) mass is 321 g/mol. The fourth-order valence-corrected chi connectivity index (χ4v) is 2.44. The number of hydrogen-bond donors (Lipinski definition) is 1. The number of carbonyl (C=O) groups is 2.